The highest BCUT2D eigenvalue weighted by Crippen LogP contribution is 2.22. The van der Waals surface area contributed by atoms with Gasteiger partial charge in [0.2, 0.25) is 5.69 Å². The topological polar surface area (TPSA) is 93.2 Å². The van der Waals surface area contributed by atoms with Gasteiger partial charge in [-0.3, -0.25) is 14.3 Å². The number of nitroso groups, excluding NO2 is 1. The summed E-state index contributed by atoms with van der Waals surface area (Å²) in [5, 5.41) is 2.52. The van der Waals surface area contributed by atoms with E-state index in [1.807, 2.05) is 0 Å². The van der Waals surface area contributed by atoms with E-state index in [2.05, 4.69) is 10.2 Å². The van der Waals surface area contributed by atoms with E-state index in [0.717, 1.165) is 4.57 Å². The fourth-order valence-corrected chi connectivity index (χ4v) is 1.79. The molecule has 8 heteroatoms. The summed E-state index contributed by atoms with van der Waals surface area (Å²) >= 11 is 4.89. The minimum atomic E-state index is -0.805. The second kappa shape index (κ2) is 4.49. The fraction of sp³-hybridized carbons (Fsp3) is 0. The summed E-state index contributed by atoms with van der Waals surface area (Å²) in [6.45, 7) is 0. The average molecular weight is 266 g/mol. The van der Waals surface area contributed by atoms with Gasteiger partial charge in [0.25, 0.3) is 5.56 Å². The van der Waals surface area contributed by atoms with E-state index in [-0.39, 0.29) is 16.3 Å². The maximum absolute atomic E-state index is 13.6. The van der Waals surface area contributed by atoms with E-state index < -0.39 is 17.1 Å². The maximum Gasteiger partial charge on any atom is 0.283 e. The Morgan fingerprint density at radius 1 is 1.39 bits per heavy atom. The molecule has 92 valence electrons. The molecule has 0 saturated carbocycles. The third-order valence-electron chi connectivity index (χ3n) is 2.31. The van der Waals surface area contributed by atoms with Crippen molar-refractivity contribution in [1.29, 1.82) is 0 Å². The number of hydrogen-bond acceptors (Lipinski definition) is 5. The Labute approximate surface area is 105 Å². The van der Waals surface area contributed by atoms with E-state index in [1.165, 1.54) is 18.2 Å². The van der Waals surface area contributed by atoms with Crippen molar-refractivity contribution in [3.63, 3.8) is 0 Å². The Morgan fingerprint density at radius 2 is 2.06 bits per heavy atom. The first kappa shape index (κ1) is 12.1. The van der Waals surface area contributed by atoms with Gasteiger partial charge in [-0.15, -0.1) is 4.91 Å². The van der Waals surface area contributed by atoms with Crippen LogP contribution in [0.2, 0.25) is 0 Å². The van der Waals surface area contributed by atoms with Crippen LogP contribution in [0.1, 0.15) is 0 Å². The lowest BCUT2D eigenvalue weighted by atomic mass is 10.3. The van der Waals surface area contributed by atoms with Crippen LogP contribution in [0.3, 0.4) is 0 Å². The quantitative estimate of drug-likeness (QED) is 0.642. The zero-order valence-corrected chi connectivity index (χ0v) is 9.70. The number of para-hydroxylation sites is 1. The van der Waals surface area contributed by atoms with E-state index in [9.17, 15) is 14.1 Å². The average Bonchev–Trinajstić information content (AvgIpc) is 2.31. The number of nitrogens with zero attached hydrogens (tertiary/aromatic N) is 2. The monoisotopic (exact) mass is 266 g/mol. The normalized spacial score (nSPS) is 10.3. The fourth-order valence-electron chi connectivity index (χ4n) is 1.50. The molecule has 2 rings (SSSR count). The molecule has 3 N–H and O–H groups in total. The number of nitrogens with one attached hydrogen (secondary N) is 1. The molecule has 0 unspecified atom stereocenters. The molecule has 18 heavy (non-hydrogen) atoms. The minimum Gasteiger partial charge on any atom is -0.383 e. The molecule has 0 aliphatic rings. The lowest BCUT2D eigenvalue weighted by molar-refractivity contribution is 0.616. The zero-order chi connectivity index (χ0) is 13.3. The third kappa shape index (κ3) is 1.82. The predicted octanol–water partition coefficient (Wildman–Crippen LogP) is 2.01. The number of halogens is 1. The van der Waals surface area contributed by atoms with Gasteiger partial charge in [-0.2, -0.15) is 0 Å². The van der Waals surface area contributed by atoms with Crippen molar-refractivity contribution >= 4 is 23.7 Å². The number of nitrogen functional groups attached to an aromatic ring is 1. The van der Waals surface area contributed by atoms with Crippen LogP contribution in [-0.2, 0) is 0 Å². The molecule has 0 bridgehead atoms. The van der Waals surface area contributed by atoms with E-state index in [0.29, 0.717) is 0 Å². The van der Waals surface area contributed by atoms with Crippen LogP contribution in [0, 0.1) is 15.5 Å². The molecule has 1 aromatic heterocycles. The van der Waals surface area contributed by atoms with Crippen LogP contribution in [0.25, 0.3) is 5.69 Å². The first-order valence-corrected chi connectivity index (χ1v) is 5.20. The summed E-state index contributed by atoms with van der Waals surface area (Å²) in [6, 6.07) is 5.67. The van der Waals surface area contributed by atoms with E-state index in [1.54, 1.807) is 6.07 Å². The van der Waals surface area contributed by atoms with Crippen molar-refractivity contribution in [3.8, 4) is 5.69 Å². The molecule has 0 spiro atoms. The van der Waals surface area contributed by atoms with Gasteiger partial charge in [-0.05, 0) is 29.5 Å². The van der Waals surface area contributed by atoms with Gasteiger partial charge in [0.05, 0.1) is 5.69 Å². The molecule has 1 aromatic carbocycles. The molecule has 0 atom stereocenters. The number of aromatic nitrogens is 2. The second-order valence-corrected chi connectivity index (χ2v) is 3.76. The van der Waals surface area contributed by atoms with Gasteiger partial charge >= 0.3 is 0 Å². The van der Waals surface area contributed by atoms with Crippen LogP contribution in [0.5, 0.6) is 0 Å². The van der Waals surface area contributed by atoms with Gasteiger partial charge in [0, 0.05) is 0 Å². The van der Waals surface area contributed by atoms with Crippen molar-refractivity contribution in [1.82, 2.24) is 9.55 Å². The summed E-state index contributed by atoms with van der Waals surface area (Å²) in [5.74, 6) is -0.895. The summed E-state index contributed by atoms with van der Waals surface area (Å²) in [6.07, 6.45) is 0. The Bertz CT molecular complexity index is 737. The summed E-state index contributed by atoms with van der Waals surface area (Å²) < 4.78 is 14.6. The Morgan fingerprint density at radius 3 is 2.67 bits per heavy atom. The smallest absolute Gasteiger partial charge is 0.283 e. The highest BCUT2D eigenvalue weighted by Gasteiger charge is 2.14. The van der Waals surface area contributed by atoms with Gasteiger partial charge in [-0.1, -0.05) is 12.1 Å². The number of anilines is 1. The van der Waals surface area contributed by atoms with Crippen LogP contribution in [0.15, 0.2) is 34.2 Å². The van der Waals surface area contributed by atoms with Crippen molar-refractivity contribution in [2.24, 2.45) is 5.18 Å². The van der Waals surface area contributed by atoms with E-state index in [4.69, 9.17) is 18.0 Å². The number of nitrogens with two attached hydrogens (primary N) is 1. The van der Waals surface area contributed by atoms with Crippen LogP contribution < -0.4 is 11.3 Å². The molecule has 0 fully saturated rings. The molecular formula is C10H7FN4O2S. The van der Waals surface area contributed by atoms with Crippen LogP contribution in [-0.4, -0.2) is 9.55 Å². The Hall–Kier alpha value is -2.35. The van der Waals surface area contributed by atoms with Gasteiger partial charge in [-0.25, -0.2) is 4.39 Å². The first-order chi connectivity index (χ1) is 8.56. The minimum absolute atomic E-state index is 0.0288. The number of hydrogen-bond donors (Lipinski definition) is 2. The molecule has 0 amide bonds. The SMILES string of the molecule is Nc1c(N=O)c(=O)[nH]c(=S)n1-c1ccccc1F. The Balaban J connectivity index is 2.89. The lowest BCUT2D eigenvalue weighted by Crippen LogP contribution is -2.17. The molecule has 2 aromatic rings. The molecule has 0 saturated heterocycles. The standard InChI is InChI=1S/C10H7FN4O2S/c11-5-3-1-2-4-6(5)15-8(12)7(14-17)9(16)13-10(15)18/h1-4H,12H2,(H,13,16,18). The number of benzene rings is 1. The van der Waals surface area contributed by atoms with Crippen LogP contribution >= 0.6 is 12.2 Å². The summed E-state index contributed by atoms with van der Waals surface area (Å²) in [4.78, 5) is 24.1. The van der Waals surface area contributed by atoms with Crippen molar-refractivity contribution < 1.29 is 4.39 Å². The van der Waals surface area contributed by atoms with Gasteiger partial charge in [0.1, 0.15) is 11.6 Å². The molecule has 1 heterocycles. The Kier molecular flexibility index (Phi) is 3.02. The molecule has 0 aliphatic heterocycles. The largest absolute Gasteiger partial charge is 0.383 e. The lowest BCUT2D eigenvalue weighted by Gasteiger charge is -2.11. The van der Waals surface area contributed by atoms with Gasteiger partial charge < -0.3 is 5.73 Å². The van der Waals surface area contributed by atoms with Gasteiger partial charge in [0.15, 0.2) is 4.77 Å². The number of H-pyrrole nitrogens is 1. The van der Waals surface area contributed by atoms with Crippen molar-refractivity contribution in [2.75, 3.05) is 5.73 Å². The highest BCUT2D eigenvalue weighted by atomic mass is 32.1. The highest BCUT2D eigenvalue weighted by molar-refractivity contribution is 7.71. The second-order valence-electron chi connectivity index (χ2n) is 3.37. The third-order valence-corrected chi connectivity index (χ3v) is 2.59. The zero-order valence-electron chi connectivity index (χ0n) is 8.88. The van der Waals surface area contributed by atoms with Crippen molar-refractivity contribution in [2.45, 2.75) is 0 Å². The maximum atomic E-state index is 13.6. The molecule has 0 aliphatic carbocycles. The molecule has 6 nitrogen and oxygen atoms in total. The predicted molar refractivity (Wildman–Crippen MR) is 67.0 cm³/mol. The molecular weight excluding hydrogens is 259 g/mol. The summed E-state index contributed by atoms with van der Waals surface area (Å²) in [7, 11) is 0. The van der Waals surface area contributed by atoms with Crippen LogP contribution in [0.4, 0.5) is 15.9 Å². The first-order valence-electron chi connectivity index (χ1n) is 4.79. The van der Waals surface area contributed by atoms with E-state index >= 15 is 0 Å². The summed E-state index contributed by atoms with van der Waals surface area (Å²) in [5.41, 5.74) is 4.30. The number of rotatable bonds is 2. The number of aromatic amines is 1. The van der Waals surface area contributed by atoms with Crippen molar-refractivity contribution in [3.05, 3.63) is 50.1 Å². The molecule has 0 radical (unpaired) electrons.